The van der Waals surface area contributed by atoms with Crippen LogP contribution < -0.4 is 14.9 Å². The number of carbonyl (C=O) groups excluding carboxylic acids is 1. The fourth-order valence-corrected chi connectivity index (χ4v) is 2.46. The van der Waals surface area contributed by atoms with Crippen molar-refractivity contribution in [2.45, 2.75) is 0 Å². The average Bonchev–Trinajstić information content (AvgIpc) is 3.32. The lowest BCUT2D eigenvalue weighted by atomic mass is 10.1. The van der Waals surface area contributed by atoms with Crippen LogP contribution in [-0.2, 0) is 0 Å². The Morgan fingerprint density at radius 2 is 2.04 bits per heavy atom. The molecule has 26 heavy (non-hydrogen) atoms. The molecule has 0 atom stereocenters. The molecule has 0 bridgehead atoms. The number of nitrogens with one attached hydrogen (secondary N) is 2. The first-order valence-corrected chi connectivity index (χ1v) is 7.77. The van der Waals surface area contributed by atoms with Crippen molar-refractivity contribution in [3.8, 4) is 28.5 Å². The third-order valence-corrected chi connectivity index (χ3v) is 3.80. The number of aromatic amines is 1. The van der Waals surface area contributed by atoms with Crippen LogP contribution in [0.4, 0.5) is 0 Å². The number of hydrogen-bond donors (Lipinski definition) is 3. The van der Waals surface area contributed by atoms with Crippen molar-refractivity contribution in [2.24, 2.45) is 5.10 Å². The summed E-state index contributed by atoms with van der Waals surface area (Å²) in [5.74, 6) is 0.956. The van der Waals surface area contributed by atoms with Crippen LogP contribution in [0.2, 0.25) is 0 Å². The molecule has 1 aliphatic heterocycles. The van der Waals surface area contributed by atoms with Gasteiger partial charge in [0.05, 0.1) is 11.9 Å². The van der Waals surface area contributed by atoms with E-state index in [4.69, 9.17) is 9.47 Å². The van der Waals surface area contributed by atoms with Crippen LogP contribution >= 0.6 is 0 Å². The molecule has 1 aromatic heterocycles. The first kappa shape index (κ1) is 15.7. The second-order valence-electron chi connectivity index (χ2n) is 5.49. The molecule has 2 heterocycles. The Bertz CT molecular complexity index is 996. The Labute approximate surface area is 148 Å². The highest BCUT2D eigenvalue weighted by molar-refractivity contribution is 5.94. The molecule has 1 amide bonds. The number of hydrazone groups is 1. The van der Waals surface area contributed by atoms with Crippen molar-refractivity contribution in [2.75, 3.05) is 6.79 Å². The van der Waals surface area contributed by atoms with Crippen LogP contribution in [0.3, 0.4) is 0 Å². The maximum atomic E-state index is 12.1. The molecule has 0 radical (unpaired) electrons. The number of hydrogen-bond acceptors (Lipinski definition) is 6. The Kier molecular flexibility index (Phi) is 3.98. The summed E-state index contributed by atoms with van der Waals surface area (Å²) in [6.45, 7) is 0.196. The zero-order valence-electron chi connectivity index (χ0n) is 13.5. The molecule has 2 aromatic carbocycles. The maximum Gasteiger partial charge on any atom is 0.289 e. The number of H-pyrrole nitrogens is 1. The number of ether oxygens (including phenoxy) is 2. The van der Waals surface area contributed by atoms with Gasteiger partial charge < -0.3 is 14.6 Å². The largest absolute Gasteiger partial charge is 0.507 e. The predicted molar refractivity (Wildman–Crippen MR) is 93.3 cm³/mol. The second kappa shape index (κ2) is 6.60. The van der Waals surface area contributed by atoms with E-state index in [1.54, 1.807) is 36.4 Å². The monoisotopic (exact) mass is 350 g/mol. The number of para-hydroxylation sites is 1. The van der Waals surface area contributed by atoms with Gasteiger partial charge >= 0.3 is 0 Å². The molecule has 1 aliphatic rings. The van der Waals surface area contributed by atoms with Crippen LogP contribution in [-0.4, -0.2) is 34.2 Å². The minimum atomic E-state index is -0.448. The molecule has 0 fully saturated rings. The second-order valence-corrected chi connectivity index (χ2v) is 5.49. The number of aromatic nitrogens is 2. The Hall–Kier alpha value is -3.81. The van der Waals surface area contributed by atoms with Crippen molar-refractivity contribution in [1.29, 1.82) is 0 Å². The molecule has 4 rings (SSSR count). The summed E-state index contributed by atoms with van der Waals surface area (Å²) in [5.41, 5.74) is 4.53. The van der Waals surface area contributed by atoms with E-state index >= 15 is 0 Å². The normalized spacial score (nSPS) is 12.5. The number of phenolic OH excluding ortho intramolecular Hbond substituents is 1. The molecular formula is C18H14N4O4. The van der Waals surface area contributed by atoms with Gasteiger partial charge in [0.1, 0.15) is 11.4 Å². The average molecular weight is 350 g/mol. The van der Waals surface area contributed by atoms with Gasteiger partial charge in [0.25, 0.3) is 5.91 Å². The van der Waals surface area contributed by atoms with Crippen molar-refractivity contribution in [1.82, 2.24) is 15.6 Å². The van der Waals surface area contributed by atoms with Crippen LogP contribution in [0.25, 0.3) is 11.3 Å². The molecular weight excluding hydrogens is 336 g/mol. The van der Waals surface area contributed by atoms with E-state index in [9.17, 15) is 9.90 Å². The van der Waals surface area contributed by atoms with Gasteiger partial charge in [-0.05, 0) is 36.4 Å². The van der Waals surface area contributed by atoms with Crippen LogP contribution in [0, 0.1) is 0 Å². The van der Waals surface area contributed by atoms with E-state index in [0.717, 1.165) is 5.56 Å². The summed E-state index contributed by atoms with van der Waals surface area (Å²) in [4.78, 5) is 12.1. The fourth-order valence-electron chi connectivity index (χ4n) is 2.46. The van der Waals surface area contributed by atoms with Crippen LogP contribution in [0.1, 0.15) is 16.1 Å². The minimum Gasteiger partial charge on any atom is -0.507 e. The van der Waals surface area contributed by atoms with E-state index in [1.165, 1.54) is 12.3 Å². The summed E-state index contributed by atoms with van der Waals surface area (Å²) in [5, 5.41) is 20.3. The number of amides is 1. The number of rotatable bonds is 4. The summed E-state index contributed by atoms with van der Waals surface area (Å²) < 4.78 is 10.6. The van der Waals surface area contributed by atoms with Gasteiger partial charge in [-0.15, -0.1) is 0 Å². The number of fused-ring (bicyclic) bond motifs is 1. The summed E-state index contributed by atoms with van der Waals surface area (Å²) in [6, 6.07) is 13.7. The summed E-state index contributed by atoms with van der Waals surface area (Å²) in [6.07, 6.45) is 1.36. The van der Waals surface area contributed by atoms with Gasteiger partial charge in [-0.25, -0.2) is 5.43 Å². The van der Waals surface area contributed by atoms with E-state index < -0.39 is 5.91 Å². The van der Waals surface area contributed by atoms with Crippen LogP contribution in [0.5, 0.6) is 17.2 Å². The van der Waals surface area contributed by atoms with Crippen molar-refractivity contribution < 1.29 is 19.4 Å². The summed E-state index contributed by atoms with van der Waals surface area (Å²) in [7, 11) is 0. The molecule has 130 valence electrons. The molecule has 3 N–H and O–H groups in total. The molecule has 8 heteroatoms. The topological polar surface area (TPSA) is 109 Å². The van der Waals surface area contributed by atoms with E-state index in [0.29, 0.717) is 22.8 Å². The molecule has 3 aromatic rings. The Balaban J connectivity index is 1.46. The number of aromatic hydroxyl groups is 1. The van der Waals surface area contributed by atoms with Gasteiger partial charge in [0, 0.05) is 11.1 Å². The molecule has 0 saturated heterocycles. The highest BCUT2D eigenvalue weighted by Crippen LogP contribution is 2.35. The Morgan fingerprint density at radius 3 is 2.92 bits per heavy atom. The minimum absolute atomic E-state index is 0.0807. The van der Waals surface area contributed by atoms with E-state index in [-0.39, 0.29) is 18.2 Å². The first-order valence-electron chi connectivity index (χ1n) is 7.77. The molecule has 0 spiro atoms. The number of benzene rings is 2. The first-order chi connectivity index (χ1) is 12.7. The van der Waals surface area contributed by atoms with E-state index in [1.807, 2.05) is 6.07 Å². The smallest absolute Gasteiger partial charge is 0.289 e. The van der Waals surface area contributed by atoms with Crippen molar-refractivity contribution in [3.05, 3.63) is 59.8 Å². The third kappa shape index (κ3) is 3.07. The highest BCUT2D eigenvalue weighted by atomic mass is 16.7. The lowest BCUT2D eigenvalue weighted by molar-refractivity contribution is 0.0950. The lowest BCUT2D eigenvalue weighted by Gasteiger charge is -1.99. The molecule has 8 nitrogen and oxygen atoms in total. The molecule has 0 unspecified atom stereocenters. The van der Waals surface area contributed by atoms with Gasteiger partial charge in [0.15, 0.2) is 11.5 Å². The maximum absolute atomic E-state index is 12.1. The van der Waals surface area contributed by atoms with Gasteiger partial charge in [-0.2, -0.15) is 10.2 Å². The third-order valence-electron chi connectivity index (χ3n) is 3.80. The van der Waals surface area contributed by atoms with Gasteiger partial charge in [-0.1, -0.05) is 12.1 Å². The summed E-state index contributed by atoms with van der Waals surface area (Å²) >= 11 is 0. The van der Waals surface area contributed by atoms with Gasteiger partial charge in [-0.3, -0.25) is 9.89 Å². The standard InChI is InChI=1S/C18H14N4O4/c23-15-4-2-1-3-12(15)9-19-22-18(24)14-8-13(20-21-14)11-5-6-16-17(7-11)26-10-25-16/h1-9,23H,10H2,(H,20,21)(H,22,24)/b19-9+. The Morgan fingerprint density at radius 1 is 1.19 bits per heavy atom. The van der Waals surface area contributed by atoms with Crippen molar-refractivity contribution in [3.63, 3.8) is 0 Å². The zero-order valence-corrected chi connectivity index (χ0v) is 13.5. The lowest BCUT2D eigenvalue weighted by Crippen LogP contribution is -2.18. The number of carbonyl (C=O) groups is 1. The fraction of sp³-hybridized carbons (Fsp3) is 0.0556. The SMILES string of the molecule is O=C(N/N=C/c1ccccc1O)c1cc(-c2ccc3c(c2)OCO3)n[nH]1. The number of nitrogens with zero attached hydrogens (tertiary/aromatic N) is 2. The molecule has 0 aliphatic carbocycles. The predicted octanol–water partition coefficient (Wildman–Crippen LogP) is 2.27. The molecule has 0 saturated carbocycles. The van der Waals surface area contributed by atoms with Crippen molar-refractivity contribution >= 4 is 12.1 Å². The van der Waals surface area contributed by atoms with E-state index in [2.05, 4.69) is 20.7 Å². The van der Waals surface area contributed by atoms with Gasteiger partial charge in [0.2, 0.25) is 6.79 Å². The van der Waals surface area contributed by atoms with Crippen LogP contribution in [0.15, 0.2) is 53.6 Å². The quantitative estimate of drug-likeness (QED) is 0.494. The number of phenols is 1. The zero-order chi connectivity index (χ0) is 17.9. The highest BCUT2D eigenvalue weighted by Gasteiger charge is 2.16.